The molecule has 0 aliphatic carbocycles. The lowest BCUT2D eigenvalue weighted by Crippen LogP contribution is -2.16. The molecule has 1 atom stereocenters. The first-order chi connectivity index (χ1) is 6.27. The average Bonchev–Trinajstić information content (AvgIpc) is 2.17. The van der Waals surface area contributed by atoms with E-state index in [1.54, 1.807) is 0 Å². The van der Waals surface area contributed by atoms with E-state index < -0.39 is 0 Å². The molecule has 1 rings (SSSR count). The number of carbonyl (C=O) groups excluding carboxylic acids is 1. The molecule has 2 nitrogen and oxygen atoms in total. The third kappa shape index (κ3) is 2.58. The standard InChI is InChI=1S/C11H14O2/c1-3-10(8-12)13-11-7-5-4-6-9(11)2/h4-8,10H,3H2,1-2H3. The SMILES string of the molecule is CCC(C=O)Oc1ccccc1C. The summed E-state index contributed by atoms with van der Waals surface area (Å²) in [6.45, 7) is 3.89. The van der Waals surface area contributed by atoms with Crippen LogP contribution < -0.4 is 4.74 Å². The van der Waals surface area contributed by atoms with Gasteiger partial charge in [-0.3, -0.25) is 4.79 Å². The van der Waals surface area contributed by atoms with E-state index in [0.29, 0.717) is 6.42 Å². The highest BCUT2D eigenvalue weighted by Crippen LogP contribution is 2.17. The van der Waals surface area contributed by atoms with Crippen LogP contribution in [0.15, 0.2) is 24.3 Å². The Kier molecular flexibility index (Phi) is 3.50. The molecule has 1 aromatic rings. The van der Waals surface area contributed by atoms with Crippen molar-refractivity contribution < 1.29 is 9.53 Å². The van der Waals surface area contributed by atoms with Crippen molar-refractivity contribution in [1.29, 1.82) is 0 Å². The van der Waals surface area contributed by atoms with Crippen molar-refractivity contribution in [2.24, 2.45) is 0 Å². The number of hydrogen-bond donors (Lipinski definition) is 0. The number of benzene rings is 1. The molecule has 0 spiro atoms. The van der Waals surface area contributed by atoms with Crippen molar-refractivity contribution in [3.63, 3.8) is 0 Å². The molecule has 0 saturated heterocycles. The van der Waals surface area contributed by atoms with Gasteiger partial charge in [-0.25, -0.2) is 0 Å². The molecule has 0 saturated carbocycles. The van der Waals surface area contributed by atoms with Crippen LogP contribution in [-0.2, 0) is 4.79 Å². The maximum Gasteiger partial charge on any atom is 0.160 e. The van der Waals surface area contributed by atoms with Gasteiger partial charge < -0.3 is 4.74 Å². The highest BCUT2D eigenvalue weighted by Gasteiger charge is 2.06. The number of hydrogen-bond acceptors (Lipinski definition) is 2. The molecular formula is C11H14O2. The van der Waals surface area contributed by atoms with Crippen LogP contribution in [0.3, 0.4) is 0 Å². The van der Waals surface area contributed by atoms with Gasteiger partial charge in [-0.15, -0.1) is 0 Å². The Labute approximate surface area is 78.5 Å². The number of aldehydes is 1. The van der Waals surface area contributed by atoms with Crippen molar-refractivity contribution in [3.05, 3.63) is 29.8 Å². The molecule has 70 valence electrons. The molecule has 0 aromatic heterocycles. The summed E-state index contributed by atoms with van der Waals surface area (Å²) < 4.78 is 5.48. The molecule has 1 aromatic carbocycles. The lowest BCUT2D eigenvalue weighted by atomic mass is 10.2. The molecule has 0 aliphatic rings. The van der Waals surface area contributed by atoms with Gasteiger partial charge in [0.2, 0.25) is 0 Å². The maximum absolute atomic E-state index is 10.5. The van der Waals surface area contributed by atoms with Gasteiger partial charge in [0.15, 0.2) is 12.4 Å². The summed E-state index contributed by atoms with van der Waals surface area (Å²) in [5.41, 5.74) is 1.06. The lowest BCUT2D eigenvalue weighted by molar-refractivity contribution is -0.113. The zero-order valence-corrected chi connectivity index (χ0v) is 7.99. The minimum Gasteiger partial charge on any atom is -0.483 e. The number of rotatable bonds is 4. The zero-order chi connectivity index (χ0) is 9.68. The molecule has 0 amide bonds. The summed E-state index contributed by atoms with van der Waals surface area (Å²) in [5, 5.41) is 0. The maximum atomic E-state index is 10.5. The number of aryl methyl sites for hydroxylation is 1. The van der Waals surface area contributed by atoms with E-state index in [2.05, 4.69) is 0 Å². The van der Waals surface area contributed by atoms with Crippen LogP contribution in [0.4, 0.5) is 0 Å². The first-order valence-corrected chi connectivity index (χ1v) is 4.45. The third-order valence-corrected chi connectivity index (χ3v) is 1.93. The summed E-state index contributed by atoms with van der Waals surface area (Å²) in [4.78, 5) is 10.5. The van der Waals surface area contributed by atoms with Crippen LogP contribution in [0, 0.1) is 6.92 Å². The Hall–Kier alpha value is -1.31. The van der Waals surface area contributed by atoms with E-state index in [4.69, 9.17) is 4.74 Å². The Bertz CT molecular complexity index is 281. The highest BCUT2D eigenvalue weighted by molar-refractivity contribution is 5.56. The summed E-state index contributed by atoms with van der Waals surface area (Å²) in [7, 11) is 0. The van der Waals surface area contributed by atoms with Gasteiger partial charge >= 0.3 is 0 Å². The summed E-state index contributed by atoms with van der Waals surface area (Å²) in [6, 6.07) is 7.69. The number of ether oxygens (including phenoxy) is 1. The van der Waals surface area contributed by atoms with Crippen LogP contribution in [-0.4, -0.2) is 12.4 Å². The van der Waals surface area contributed by atoms with Crippen LogP contribution >= 0.6 is 0 Å². The van der Waals surface area contributed by atoms with Crippen molar-refractivity contribution >= 4 is 6.29 Å². The van der Waals surface area contributed by atoms with Crippen molar-refractivity contribution in [2.45, 2.75) is 26.4 Å². The largest absolute Gasteiger partial charge is 0.483 e. The molecule has 13 heavy (non-hydrogen) atoms. The predicted molar refractivity (Wildman–Crippen MR) is 52.0 cm³/mol. The van der Waals surface area contributed by atoms with E-state index in [-0.39, 0.29) is 6.10 Å². The van der Waals surface area contributed by atoms with Gasteiger partial charge in [-0.2, -0.15) is 0 Å². The third-order valence-electron chi connectivity index (χ3n) is 1.93. The zero-order valence-electron chi connectivity index (χ0n) is 7.99. The minimum atomic E-state index is -0.318. The molecule has 2 heteroatoms. The molecule has 0 radical (unpaired) electrons. The molecule has 0 N–H and O–H groups in total. The minimum absolute atomic E-state index is 0.318. The van der Waals surface area contributed by atoms with Gasteiger partial charge in [-0.05, 0) is 25.0 Å². The Morgan fingerprint density at radius 3 is 2.69 bits per heavy atom. The Morgan fingerprint density at radius 1 is 1.46 bits per heavy atom. The van der Waals surface area contributed by atoms with Crippen LogP contribution in [0.5, 0.6) is 5.75 Å². The van der Waals surface area contributed by atoms with Crippen molar-refractivity contribution in [2.75, 3.05) is 0 Å². The van der Waals surface area contributed by atoms with Gasteiger partial charge in [0.05, 0.1) is 0 Å². The fraction of sp³-hybridized carbons (Fsp3) is 0.364. The normalized spacial score (nSPS) is 12.2. The van der Waals surface area contributed by atoms with Gasteiger partial charge in [0, 0.05) is 0 Å². The summed E-state index contributed by atoms with van der Waals surface area (Å²) in [5.74, 6) is 0.793. The van der Waals surface area contributed by atoms with Crippen LogP contribution in [0.1, 0.15) is 18.9 Å². The average molecular weight is 178 g/mol. The predicted octanol–water partition coefficient (Wildman–Crippen LogP) is 2.35. The van der Waals surface area contributed by atoms with E-state index in [1.807, 2.05) is 38.1 Å². The van der Waals surface area contributed by atoms with E-state index >= 15 is 0 Å². The second kappa shape index (κ2) is 4.65. The molecule has 0 heterocycles. The van der Waals surface area contributed by atoms with Crippen LogP contribution in [0.2, 0.25) is 0 Å². The van der Waals surface area contributed by atoms with Gasteiger partial charge in [-0.1, -0.05) is 25.1 Å². The fourth-order valence-electron chi connectivity index (χ4n) is 1.06. The van der Waals surface area contributed by atoms with Gasteiger partial charge in [0.25, 0.3) is 0 Å². The first-order valence-electron chi connectivity index (χ1n) is 4.45. The molecule has 1 unspecified atom stereocenters. The fourth-order valence-corrected chi connectivity index (χ4v) is 1.06. The molecule has 0 bridgehead atoms. The van der Waals surface area contributed by atoms with E-state index in [1.165, 1.54) is 0 Å². The van der Waals surface area contributed by atoms with E-state index in [9.17, 15) is 4.79 Å². The molecule has 0 fully saturated rings. The van der Waals surface area contributed by atoms with Crippen molar-refractivity contribution in [3.8, 4) is 5.75 Å². The monoisotopic (exact) mass is 178 g/mol. The Balaban J connectivity index is 2.73. The lowest BCUT2D eigenvalue weighted by Gasteiger charge is -2.12. The smallest absolute Gasteiger partial charge is 0.160 e. The molecule has 0 aliphatic heterocycles. The van der Waals surface area contributed by atoms with Crippen LogP contribution in [0.25, 0.3) is 0 Å². The topological polar surface area (TPSA) is 26.3 Å². The highest BCUT2D eigenvalue weighted by atomic mass is 16.5. The van der Waals surface area contributed by atoms with E-state index in [0.717, 1.165) is 17.6 Å². The molecular weight excluding hydrogens is 164 g/mol. The second-order valence-electron chi connectivity index (χ2n) is 2.97. The van der Waals surface area contributed by atoms with Crippen molar-refractivity contribution in [1.82, 2.24) is 0 Å². The Morgan fingerprint density at radius 2 is 2.15 bits per heavy atom. The second-order valence-corrected chi connectivity index (χ2v) is 2.97. The summed E-state index contributed by atoms with van der Waals surface area (Å²) >= 11 is 0. The summed E-state index contributed by atoms with van der Waals surface area (Å²) in [6.07, 6.45) is 1.23. The first kappa shape index (κ1) is 9.78. The van der Waals surface area contributed by atoms with Gasteiger partial charge in [0.1, 0.15) is 5.75 Å². The number of para-hydroxylation sites is 1. The number of carbonyl (C=O) groups is 1. The quantitative estimate of drug-likeness (QED) is 0.661.